The molecular weight excluding hydrogens is 220 g/mol. The molecule has 0 amide bonds. The molecule has 5 nitrogen and oxygen atoms in total. The molecule has 0 saturated carbocycles. The fourth-order valence-corrected chi connectivity index (χ4v) is 1.79. The number of rotatable bonds is 2. The van der Waals surface area contributed by atoms with Crippen LogP contribution in [0.4, 0.5) is 0 Å². The van der Waals surface area contributed by atoms with Crippen molar-refractivity contribution in [1.29, 1.82) is 0 Å². The lowest BCUT2D eigenvalue weighted by atomic mass is 10.0. The molecule has 90 valence electrons. The van der Waals surface area contributed by atoms with E-state index in [4.69, 9.17) is 4.74 Å². The first-order valence-corrected chi connectivity index (χ1v) is 5.17. The molecular formula is C12H14N2O3. The van der Waals surface area contributed by atoms with Gasteiger partial charge in [-0.15, -0.1) is 0 Å². The van der Waals surface area contributed by atoms with Gasteiger partial charge in [-0.2, -0.15) is 0 Å². The number of aromatic amines is 1. The number of H-pyrrole nitrogens is 1. The van der Waals surface area contributed by atoms with E-state index >= 15 is 0 Å². The van der Waals surface area contributed by atoms with Gasteiger partial charge >= 0.3 is 0 Å². The molecule has 0 atom stereocenters. The minimum Gasteiger partial charge on any atom is -0.496 e. The molecule has 0 fully saturated rings. The minimum atomic E-state index is -0.339. The van der Waals surface area contributed by atoms with Crippen LogP contribution in [0.3, 0.4) is 0 Å². The van der Waals surface area contributed by atoms with Crippen LogP contribution in [-0.2, 0) is 7.05 Å². The fourth-order valence-electron chi connectivity index (χ4n) is 1.79. The van der Waals surface area contributed by atoms with E-state index in [0.29, 0.717) is 11.3 Å². The van der Waals surface area contributed by atoms with Crippen molar-refractivity contribution in [2.45, 2.75) is 6.92 Å². The summed E-state index contributed by atoms with van der Waals surface area (Å²) in [6, 6.07) is 5.47. The smallest absolute Gasteiger partial charge is 0.276 e. The van der Waals surface area contributed by atoms with Crippen LogP contribution in [0, 0.1) is 6.92 Å². The van der Waals surface area contributed by atoms with Crippen LogP contribution in [0.2, 0.25) is 0 Å². The average molecular weight is 234 g/mol. The highest BCUT2D eigenvalue weighted by Gasteiger charge is 2.17. The first-order chi connectivity index (χ1) is 8.04. The quantitative estimate of drug-likeness (QED) is 0.825. The fraction of sp³-hybridized carbons (Fsp3) is 0.250. The van der Waals surface area contributed by atoms with Gasteiger partial charge in [0.25, 0.3) is 5.56 Å². The maximum atomic E-state index is 11.7. The van der Waals surface area contributed by atoms with Crippen molar-refractivity contribution in [2.24, 2.45) is 7.05 Å². The van der Waals surface area contributed by atoms with Crippen LogP contribution in [0.1, 0.15) is 5.56 Å². The zero-order valence-corrected chi connectivity index (χ0v) is 9.94. The monoisotopic (exact) mass is 234 g/mol. The largest absolute Gasteiger partial charge is 0.496 e. The van der Waals surface area contributed by atoms with Crippen LogP contribution in [0.15, 0.2) is 23.0 Å². The number of aromatic nitrogens is 2. The molecule has 0 unspecified atom stereocenters. The van der Waals surface area contributed by atoms with Crippen molar-refractivity contribution in [3.05, 3.63) is 34.1 Å². The molecule has 0 aliphatic carbocycles. The number of benzene rings is 1. The number of hydrogen-bond donors (Lipinski definition) is 2. The summed E-state index contributed by atoms with van der Waals surface area (Å²) in [6.45, 7) is 1.91. The third-order valence-corrected chi connectivity index (χ3v) is 2.66. The van der Waals surface area contributed by atoms with Gasteiger partial charge < -0.3 is 9.84 Å². The lowest BCUT2D eigenvalue weighted by Gasteiger charge is -2.07. The van der Waals surface area contributed by atoms with E-state index in [1.807, 2.05) is 19.1 Å². The second-order valence-corrected chi connectivity index (χ2v) is 3.90. The number of nitrogens with one attached hydrogen (secondary N) is 1. The Balaban J connectivity index is 2.75. The maximum Gasteiger partial charge on any atom is 0.276 e. The topological polar surface area (TPSA) is 67.2 Å². The predicted molar refractivity (Wildman–Crippen MR) is 64.4 cm³/mol. The minimum absolute atomic E-state index is 0.0982. The summed E-state index contributed by atoms with van der Waals surface area (Å²) in [4.78, 5) is 11.7. The number of hydrogen-bond acceptors (Lipinski definition) is 3. The Morgan fingerprint density at radius 1 is 1.41 bits per heavy atom. The first kappa shape index (κ1) is 11.3. The van der Waals surface area contributed by atoms with E-state index < -0.39 is 0 Å². The van der Waals surface area contributed by atoms with E-state index in [1.165, 1.54) is 11.8 Å². The van der Waals surface area contributed by atoms with Crippen LogP contribution in [-0.4, -0.2) is 22.0 Å². The van der Waals surface area contributed by atoms with E-state index in [1.54, 1.807) is 13.1 Å². The normalized spacial score (nSPS) is 10.5. The number of aromatic hydroxyl groups is 1. The van der Waals surface area contributed by atoms with Crippen molar-refractivity contribution in [1.82, 2.24) is 9.78 Å². The van der Waals surface area contributed by atoms with Crippen LogP contribution < -0.4 is 10.3 Å². The summed E-state index contributed by atoms with van der Waals surface area (Å²) in [7, 11) is 3.10. The molecule has 1 aromatic heterocycles. The first-order valence-electron chi connectivity index (χ1n) is 5.17. The third-order valence-electron chi connectivity index (χ3n) is 2.66. The molecule has 0 aliphatic rings. The summed E-state index contributed by atoms with van der Waals surface area (Å²) in [5.74, 6) is 0.460. The summed E-state index contributed by atoms with van der Waals surface area (Å²) in [6.07, 6.45) is 0. The predicted octanol–water partition coefficient (Wildman–Crippen LogP) is 1.40. The lowest BCUT2D eigenvalue weighted by Crippen LogP contribution is -2.04. The molecule has 0 aliphatic heterocycles. The van der Waals surface area contributed by atoms with Crippen LogP contribution >= 0.6 is 0 Å². The molecule has 0 spiro atoms. The van der Waals surface area contributed by atoms with E-state index in [-0.39, 0.29) is 17.0 Å². The van der Waals surface area contributed by atoms with Crippen LogP contribution in [0.25, 0.3) is 11.1 Å². The van der Waals surface area contributed by atoms with Gasteiger partial charge in [0.1, 0.15) is 11.3 Å². The van der Waals surface area contributed by atoms with E-state index in [0.717, 1.165) is 5.56 Å². The van der Waals surface area contributed by atoms with Gasteiger partial charge in [-0.05, 0) is 19.1 Å². The Morgan fingerprint density at radius 2 is 2.12 bits per heavy atom. The molecule has 17 heavy (non-hydrogen) atoms. The summed E-state index contributed by atoms with van der Waals surface area (Å²) in [5.41, 5.74) is 1.47. The van der Waals surface area contributed by atoms with Crippen molar-refractivity contribution in [2.75, 3.05) is 7.11 Å². The lowest BCUT2D eigenvalue weighted by molar-refractivity contribution is 0.412. The van der Waals surface area contributed by atoms with Gasteiger partial charge in [0.15, 0.2) is 0 Å². The Hall–Kier alpha value is -2.17. The summed E-state index contributed by atoms with van der Waals surface area (Å²) < 4.78 is 6.48. The molecule has 1 heterocycles. The van der Waals surface area contributed by atoms with Crippen molar-refractivity contribution >= 4 is 0 Å². The zero-order chi connectivity index (χ0) is 12.6. The van der Waals surface area contributed by atoms with Gasteiger partial charge in [0.05, 0.1) is 7.11 Å². The van der Waals surface area contributed by atoms with Crippen molar-refractivity contribution in [3.8, 4) is 22.8 Å². The standard InChI is InChI=1S/C12H14N2O3/c1-7-4-5-9(17-3)8(6-7)10-11(15)13-14(2)12(10)16/h4-6,16H,1-3H3,(H,13,15). The summed E-state index contributed by atoms with van der Waals surface area (Å²) in [5, 5.41) is 12.4. The Bertz CT molecular complexity index is 611. The van der Waals surface area contributed by atoms with Gasteiger partial charge in [-0.1, -0.05) is 11.6 Å². The van der Waals surface area contributed by atoms with Gasteiger partial charge in [0, 0.05) is 12.6 Å². The Morgan fingerprint density at radius 3 is 2.65 bits per heavy atom. The molecule has 2 aromatic rings. The Kier molecular flexibility index (Phi) is 2.67. The van der Waals surface area contributed by atoms with Gasteiger partial charge in [-0.25, -0.2) is 0 Å². The highest BCUT2D eigenvalue weighted by Crippen LogP contribution is 2.33. The van der Waals surface area contributed by atoms with Crippen molar-refractivity contribution in [3.63, 3.8) is 0 Å². The van der Waals surface area contributed by atoms with Crippen molar-refractivity contribution < 1.29 is 9.84 Å². The molecule has 1 aromatic carbocycles. The van der Waals surface area contributed by atoms with Gasteiger partial charge in [-0.3, -0.25) is 14.6 Å². The van der Waals surface area contributed by atoms with Gasteiger partial charge in [0.2, 0.25) is 5.88 Å². The number of aryl methyl sites for hydroxylation is 2. The van der Waals surface area contributed by atoms with E-state index in [9.17, 15) is 9.90 Å². The van der Waals surface area contributed by atoms with E-state index in [2.05, 4.69) is 5.10 Å². The number of ether oxygens (including phenoxy) is 1. The molecule has 2 rings (SSSR count). The molecule has 0 saturated heterocycles. The number of methoxy groups -OCH3 is 1. The number of nitrogens with zero attached hydrogens (tertiary/aromatic N) is 1. The highest BCUT2D eigenvalue weighted by atomic mass is 16.5. The Labute approximate surface area is 98.3 Å². The third kappa shape index (κ3) is 1.80. The second-order valence-electron chi connectivity index (χ2n) is 3.90. The molecule has 0 radical (unpaired) electrons. The van der Waals surface area contributed by atoms with Crippen LogP contribution in [0.5, 0.6) is 11.6 Å². The molecule has 0 bridgehead atoms. The maximum absolute atomic E-state index is 11.7. The molecule has 2 N–H and O–H groups in total. The zero-order valence-electron chi connectivity index (χ0n) is 9.94. The summed E-state index contributed by atoms with van der Waals surface area (Å²) >= 11 is 0. The second kappa shape index (κ2) is 4.01. The molecule has 5 heteroatoms. The average Bonchev–Trinajstić information content (AvgIpc) is 2.53. The SMILES string of the molecule is COc1ccc(C)cc1-c1c(O)n(C)[nH]c1=O. The highest BCUT2D eigenvalue weighted by molar-refractivity contribution is 5.74.